The molecule has 0 amide bonds. The van der Waals surface area contributed by atoms with Gasteiger partial charge in [-0.05, 0) is 24.5 Å². The van der Waals surface area contributed by atoms with Gasteiger partial charge in [0.25, 0.3) is 0 Å². The highest BCUT2D eigenvalue weighted by atomic mass is 16.4. The highest BCUT2D eigenvalue weighted by Crippen LogP contribution is 2.01. The number of nitrogens with two attached hydrogens (primary N) is 1. The minimum Gasteiger partial charge on any atom is -0.477 e. The van der Waals surface area contributed by atoms with Crippen LogP contribution in [0.4, 0.5) is 0 Å². The molecule has 3 N–H and O–H groups in total. The number of hydrogen-bond acceptors (Lipinski definition) is 3. The number of aryl methyl sites for hydroxylation is 1. The molecule has 0 bridgehead atoms. The molecule has 1 heterocycles. The van der Waals surface area contributed by atoms with Gasteiger partial charge in [0.05, 0.1) is 0 Å². The number of nitrogens with zero attached hydrogens (tertiary/aromatic N) is 1. The molecule has 1 aromatic heterocycles. The van der Waals surface area contributed by atoms with Crippen LogP contribution in [0, 0.1) is 0 Å². The summed E-state index contributed by atoms with van der Waals surface area (Å²) in [5, 5.41) is 8.47. The van der Waals surface area contributed by atoms with Gasteiger partial charge < -0.3 is 10.8 Å². The number of carboxylic acids is 1. The van der Waals surface area contributed by atoms with Gasteiger partial charge in [-0.25, -0.2) is 4.79 Å². The average Bonchev–Trinajstić information content (AvgIpc) is 2.19. The van der Waals surface area contributed by atoms with E-state index in [4.69, 9.17) is 10.8 Å². The molecular weight excluding hydrogens is 180 g/mol. The van der Waals surface area contributed by atoms with Crippen LogP contribution >= 0.6 is 0 Å². The van der Waals surface area contributed by atoms with E-state index in [9.17, 15) is 4.79 Å². The van der Waals surface area contributed by atoms with Crippen LogP contribution in [0.3, 0.4) is 0 Å². The lowest BCUT2D eigenvalue weighted by molar-refractivity contribution is -0.132. The van der Waals surface area contributed by atoms with Crippen molar-refractivity contribution in [2.24, 2.45) is 5.73 Å². The number of hydrogen-bond donors (Lipinski definition) is 2. The summed E-state index contributed by atoms with van der Waals surface area (Å²) >= 11 is 0. The molecule has 0 aliphatic carbocycles. The highest BCUT2D eigenvalue weighted by molar-refractivity contribution is 5.85. The first-order valence-corrected chi connectivity index (χ1v) is 4.28. The zero-order valence-electron chi connectivity index (χ0n) is 7.68. The molecule has 1 aromatic rings. The van der Waals surface area contributed by atoms with Gasteiger partial charge in [0.15, 0.2) is 0 Å². The van der Waals surface area contributed by atoms with Gasteiger partial charge >= 0.3 is 5.97 Å². The third-order valence-electron chi connectivity index (χ3n) is 1.77. The smallest absolute Gasteiger partial charge is 0.351 e. The second-order valence-corrected chi connectivity index (χ2v) is 2.86. The van der Waals surface area contributed by atoms with Crippen molar-refractivity contribution in [2.75, 3.05) is 0 Å². The predicted octanol–water partition coefficient (Wildman–Crippen LogP) is 0.941. The number of rotatable bonds is 4. The Hall–Kier alpha value is -1.84. The van der Waals surface area contributed by atoms with E-state index < -0.39 is 5.97 Å². The van der Waals surface area contributed by atoms with E-state index >= 15 is 0 Å². The van der Waals surface area contributed by atoms with Gasteiger partial charge in [0.2, 0.25) is 0 Å². The average molecular weight is 192 g/mol. The fourth-order valence-electron chi connectivity index (χ4n) is 1.03. The molecule has 0 aliphatic heterocycles. The van der Waals surface area contributed by atoms with Crippen LogP contribution < -0.4 is 5.73 Å². The monoisotopic (exact) mass is 192 g/mol. The lowest BCUT2D eigenvalue weighted by atomic mass is 10.1. The number of carboxylic acid groups (broad SMARTS) is 1. The van der Waals surface area contributed by atoms with Gasteiger partial charge in [-0.1, -0.05) is 12.1 Å². The number of aliphatic carboxylic acids is 1. The van der Waals surface area contributed by atoms with Crippen molar-refractivity contribution >= 4 is 5.97 Å². The molecule has 0 aromatic carbocycles. The largest absolute Gasteiger partial charge is 0.477 e. The van der Waals surface area contributed by atoms with Gasteiger partial charge in [-0.15, -0.1) is 0 Å². The van der Waals surface area contributed by atoms with Crippen LogP contribution in [-0.2, 0) is 11.2 Å². The maximum Gasteiger partial charge on any atom is 0.351 e. The topological polar surface area (TPSA) is 76.2 Å². The van der Waals surface area contributed by atoms with Gasteiger partial charge in [-0.2, -0.15) is 0 Å². The van der Waals surface area contributed by atoms with E-state index in [1.54, 1.807) is 12.4 Å². The summed E-state index contributed by atoms with van der Waals surface area (Å²) in [7, 11) is 0. The molecule has 0 radical (unpaired) electrons. The third kappa shape index (κ3) is 3.26. The van der Waals surface area contributed by atoms with Crippen LogP contribution in [0.25, 0.3) is 0 Å². The lowest BCUT2D eigenvalue weighted by Gasteiger charge is -1.97. The van der Waals surface area contributed by atoms with E-state index in [1.807, 2.05) is 12.1 Å². The van der Waals surface area contributed by atoms with E-state index in [-0.39, 0.29) is 5.70 Å². The summed E-state index contributed by atoms with van der Waals surface area (Å²) in [5.74, 6) is -1.07. The van der Waals surface area contributed by atoms with E-state index in [2.05, 4.69) is 4.98 Å². The molecule has 0 aliphatic rings. The summed E-state index contributed by atoms with van der Waals surface area (Å²) in [4.78, 5) is 14.3. The zero-order valence-corrected chi connectivity index (χ0v) is 7.68. The minimum atomic E-state index is -1.07. The standard InChI is InChI=1S/C10H12N2O2/c11-9(10(13)14)5-1-3-8-4-2-6-12-7-8/h2,4-7H,1,3,11H2,(H,13,14). The van der Waals surface area contributed by atoms with Gasteiger partial charge in [0, 0.05) is 12.4 Å². The molecule has 0 saturated heterocycles. The van der Waals surface area contributed by atoms with Crippen molar-refractivity contribution in [1.29, 1.82) is 0 Å². The third-order valence-corrected chi connectivity index (χ3v) is 1.77. The summed E-state index contributed by atoms with van der Waals surface area (Å²) in [6.45, 7) is 0. The number of carbonyl (C=O) groups is 1. The molecule has 14 heavy (non-hydrogen) atoms. The minimum absolute atomic E-state index is 0.103. The van der Waals surface area contributed by atoms with Crippen LogP contribution in [0.2, 0.25) is 0 Å². The normalized spacial score (nSPS) is 11.3. The van der Waals surface area contributed by atoms with Crippen LogP contribution in [0.1, 0.15) is 12.0 Å². The Bertz CT molecular complexity index is 333. The number of allylic oxidation sites excluding steroid dienone is 1. The van der Waals surface area contributed by atoms with Crippen LogP contribution in [0.5, 0.6) is 0 Å². The first-order valence-electron chi connectivity index (χ1n) is 4.28. The Morgan fingerprint density at radius 3 is 3.00 bits per heavy atom. The van der Waals surface area contributed by atoms with E-state index in [1.165, 1.54) is 6.08 Å². The molecule has 0 saturated carbocycles. The first-order chi connectivity index (χ1) is 6.70. The van der Waals surface area contributed by atoms with Crippen molar-refractivity contribution in [1.82, 2.24) is 4.98 Å². The fraction of sp³-hybridized carbons (Fsp3) is 0.200. The lowest BCUT2D eigenvalue weighted by Crippen LogP contribution is -2.09. The van der Waals surface area contributed by atoms with Crippen molar-refractivity contribution in [2.45, 2.75) is 12.8 Å². The molecule has 4 heteroatoms. The Morgan fingerprint density at radius 2 is 2.43 bits per heavy atom. The summed E-state index contributed by atoms with van der Waals surface area (Å²) < 4.78 is 0. The highest BCUT2D eigenvalue weighted by Gasteiger charge is 1.99. The molecular formula is C10H12N2O2. The molecule has 0 atom stereocenters. The van der Waals surface area contributed by atoms with Crippen molar-refractivity contribution < 1.29 is 9.90 Å². The SMILES string of the molecule is NC(=CCCc1cccnc1)C(=O)O. The molecule has 0 spiro atoms. The Morgan fingerprint density at radius 1 is 1.64 bits per heavy atom. The predicted molar refractivity (Wildman–Crippen MR) is 52.5 cm³/mol. The quantitative estimate of drug-likeness (QED) is 0.696. The van der Waals surface area contributed by atoms with Crippen LogP contribution in [0.15, 0.2) is 36.3 Å². The van der Waals surface area contributed by atoms with Crippen molar-refractivity contribution in [3.8, 4) is 0 Å². The molecule has 0 unspecified atom stereocenters. The second-order valence-electron chi connectivity index (χ2n) is 2.86. The first kappa shape index (κ1) is 10.2. The Labute approximate surface area is 82.1 Å². The maximum absolute atomic E-state index is 10.3. The number of pyridine rings is 1. The van der Waals surface area contributed by atoms with Gasteiger partial charge in [-0.3, -0.25) is 4.98 Å². The molecule has 74 valence electrons. The Balaban J connectivity index is 2.43. The van der Waals surface area contributed by atoms with Crippen molar-refractivity contribution in [3.63, 3.8) is 0 Å². The van der Waals surface area contributed by atoms with E-state index in [0.717, 1.165) is 12.0 Å². The number of aromatic nitrogens is 1. The summed E-state index contributed by atoms with van der Waals surface area (Å²) in [6.07, 6.45) is 6.33. The van der Waals surface area contributed by atoms with Crippen molar-refractivity contribution in [3.05, 3.63) is 41.9 Å². The van der Waals surface area contributed by atoms with Gasteiger partial charge in [0.1, 0.15) is 5.70 Å². The van der Waals surface area contributed by atoms with E-state index in [0.29, 0.717) is 6.42 Å². The summed E-state index contributed by atoms with van der Waals surface area (Å²) in [5.41, 5.74) is 6.19. The molecule has 0 fully saturated rings. The maximum atomic E-state index is 10.3. The zero-order chi connectivity index (χ0) is 10.4. The van der Waals surface area contributed by atoms with Crippen LogP contribution in [-0.4, -0.2) is 16.1 Å². The second kappa shape index (κ2) is 5.01. The fourth-order valence-corrected chi connectivity index (χ4v) is 1.03. The molecule has 1 rings (SSSR count). The molecule has 4 nitrogen and oxygen atoms in total. The Kier molecular flexibility index (Phi) is 3.67. The summed E-state index contributed by atoms with van der Waals surface area (Å²) in [6, 6.07) is 3.79.